The van der Waals surface area contributed by atoms with Crippen LogP contribution in [0, 0.1) is 25.2 Å². The van der Waals surface area contributed by atoms with Gasteiger partial charge in [-0.2, -0.15) is 15.2 Å². The molecular formula is C22H20ClN5O3. The average Bonchev–Trinajstić information content (AvgIpc) is 3.17. The molecule has 0 bridgehead atoms. The molecular weight excluding hydrogens is 418 g/mol. The lowest BCUT2D eigenvalue weighted by Gasteiger charge is -2.22. The van der Waals surface area contributed by atoms with Crippen LogP contribution >= 0.6 is 11.6 Å². The number of ether oxygens (including phenoxy) is 1. The second-order valence-corrected chi connectivity index (χ2v) is 7.13. The van der Waals surface area contributed by atoms with Gasteiger partial charge in [-0.3, -0.25) is 4.79 Å². The Hall–Kier alpha value is -3.70. The Kier molecular flexibility index (Phi) is 7.00. The molecule has 0 radical (unpaired) electrons. The maximum Gasteiger partial charge on any atom is 0.361 e. The van der Waals surface area contributed by atoms with Crippen molar-refractivity contribution in [3.05, 3.63) is 70.5 Å². The SMILES string of the molecule is Cc1cc(N(CCC#N)C(=O)COC(=O)c2nn(-c3ccccc3)nc2C)ccc1Cl. The lowest BCUT2D eigenvalue weighted by atomic mass is 10.2. The second kappa shape index (κ2) is 9.87. The molecule has 0 aliphatic rings. The van der Waals surface area contributed by atoms with E-state index < -0.39 is 18.5 Å². The number of carbonyl (C=O) groups is 2. The van der Waals surface area contributed by atoms with Crippen molar-refractivity contribution in [1.29, 1.82) is 5.26 Å². The van der Waals surface area contributed by atoms with Crippen LogP contribution in [0.4, 0.5) is 5.69 Å². The van der Waals surface area contributed by atoms with Crippen LogP contribution in [0.15, 0.2) is 48.5 Å². The molecule has 0 aliphatic heterocycles. The minimum Gasteiger partial charge on any atom is -0.451 e. The van der Waals surface area contributed by atoms with Crippen molar-refractivity contribution in [2.24, 2.45) is 0 Å². The summed E-state index contributed by atoms with van der Waals surface area (Å²) in [5.41, 5.74) is 2.48. The number of aryl methyl sites for hydroxylation is 2. The van der Waals surface area contributed by atoms with Gasteiger partial charge in [0.15, 0.2) is 12.3 Å². The summed E-state index contributed by atoms with van der Waals surface area (Å²) in [7, 11) is 0. The highest BCUT2D eigenvalue weighted by Gasteiger charge is 2.22. The van der Waals surface area contributed by atoms with Gasteiger partial charge in [0.1, 0.15) is 0 Å². The molecule has 0 saturated carbocycles. The van der Waals surface area contributed by atoms with Gasteiger partial charge in [-0.15, -0.1) is 5.10 Å². The molecule has 8 nitrogen and oxygen atoms in total. The number of hydrogen-bond donors (Lipinski definition) is 0. The third-order valence-corrected chi connectivity index (χ3v) is 4.91. The highest BCUT2D eigenvalue weighted by atomic mass is 35.5. The number of benzene rings is 2. The van der Waals surface area contributed by atoms with Gasteiger partial charge in [0.2, 0.25) is 0 Å². The van der Waals surface area contributed by atoms with Crippen LogP contribution in [0.3, 0.4) is 0 Å². The van der Waals surface area contributed by atoms with Gasteiger partial charge in [0.25, 0.3) is 5.91 Å². The zero-order valence-corrected chi connectivity index (χ0v) is 17.8. The molecule has 0 saturated heterocycles. The molecule has 2 aromatic carbocycles. The number of nitrogens with zero attached hydrogens (tertiary/aromatic N) is 5. The van der Waals surface area contributed by atoms with Crippen LogP contribution in [0.2, 0.25) is 5.02 Å². The number of rotatable bonds is 7. The van der Waals surface area contributed by atoms with Crippen LogP contribution in [0.5, 0.6) is 0 Å². The molecule has 31 heavy (non-hydrogen) atoms. The molecule has 3 aromatic rings. The molecule has 0 atom stereocenters. The lowest BCUT2D eigenvalue weighted by Crippen LogP contribution is -2.35. The number of anilines is 1. The average molecular weight is 438 g/mol. The Morgan fingerprint density at radius 2 is 1.90 bits per heavy atom. The Morgan fingerprint density at radius 1 is 1.16 bits per heavy atom. The van der Waals surface area contributed by atoms with E-state index in [1.165, 1.54) is 9.70 Å². The quantitative estimate of drug-likeness (QED) is 0.523. The van der Waals surface area contributed by atoms with Gasteiger partial charge in [-0.1, -0.05) is 29.8 Å². The van der Waals surface area contributed by atoms with E-state index in [0.29, 0.717) is 22.1 Å². The second-order valence-electron chi connectivity index (χ2n) is 6.72. The fourth-order valence-electron chi connectivity index (χ4n) is 2.87. The minimum atomic E-state index is -0.749. The highest BCUT2D eigenvalue weighted by Crippen LogP contribution is 2.23. The Bertz CT molecular complexity index is 1140. The summed E-state index contributed by atoms with van der Waals surface area (Å²) in [6, 6.07) is 16.3. The minimum absolute atomic E-state index is 0.0302. The zero-order chi connectivity index (χ0) is 22.4. The first-order chi connectivity index (χ1) is 14.9. The molecule has 158 valence electrons. The Labute approximate surface area is 184 Å². The first kappa shape index (κ1) is 22.0. The fourth-order valence-corrected chi connectivity index (χ4v) is 2.99. The number of para-hydroxylation sites is 1. The first-order valence-electron chi connectivity index (χ1n) is 9.50. The van der Waals surface area contributed by atoms with Crippen LogP contribution in [-0.2, 0) is 9.53 Å². The monoisotopic (exact) mass is 437 g/mol. The lowest BCUT2D eigenvalue weighted by molar-refractivity contribution is -0.121. The maximum absolute atomic E-state index is 12.8. The predicted molar refractivity (Wildman–Crippen MR) is 115 cm³/mol. The van der Waals surface area contributed by atoms with E-state index >= 15 is 0 Å². The molecule has 0 unspecified atom stereocenters. The number of amides is 1. The number of hydrogen-bond acceptors (Lipinski definition) is 6. The summed E-state index contributed by atoms with van der Waals surface area (Å²) in [5.74, 6) is -1.21. The van der Waals surface area contributed by atoms with Gasteiger partial charge < -0.3 is 9.64 Å². The molecule has 0 N–H and O–H groups in total. The van der Waals surface area contributed by atoms with Gasteiger partial charge >= 0.3 is 5.97 Å². The van der Waals surface area contributed by atoms with Crippen LogP contribution in [0.25, 0.3) is 5.69 Å². The number of halogens is 1. The van der Waals surface area contributed by atoms with Crippen molar-refractivity contribution in [1.82, 2.24) is 15.0 Å². The Morgan fingerprint density at radius 3 is 2.58 bits per heavy atom. The molecule has 0 aliphatic carbocycles. The standard InChI is InChI=1S/C22H20ClN5O3/c1-15-13-18(9-10-19(15)23)27(12-6-11-24)20(29)14-31-22(30)21-16(2)25-28(26-21)17-7-4-3-5-8-17/h3-5,7-10,13H,6,12,14H2,1-2H3. The number of carbonyl (C=O) groups excluding carboxylic acids is 2. The maximum atomic E-state index is 12.8. The predicted octanol–water partition coefficient (Wildman–Crippen LogP) is 3.64. The summed E-state index contributed by atoms with van der Waals surface area (Å²) >= 11 is 6.06. The van der Waals surface area contributed by atoms with Crippen molar-refractivity contribution in [3.63, 3.8) is 0 Å². The van der Waals surface area contributed by atoms with Crippen molar-refractivity contribution < 1.29 is 14.3 Å². The topological polar surface area (TPSA) is 101 Å². The summed E-state index contributed by atoms with van der Waals surface area (Å²) < 4.78 is 5.20. The first-order valence-corrected chi connectivity index (χ1v) is 9.88. The van der Waals surface area contributed by atoms with Gasteiger partial charge in [-0.05, 0) is 49.7 Å². The zero-order valence-electron chi connectivity index (χ0n) is 17.1. The number of esters is 1. The molecule has 1 aromatic heterocycles. The smallest absolute Gasteiger partial charge is 0.361 e. The van der Waals surface area contributed by atoms with Crippen LogP contribution in [-0.4, -0.2) is 40.0 Å². The number of aromatic nitrogens is 3. The summed E-state index contributed by atoms with van der Waals surface area (Å²) in [6.45, 7) is 3.12. The molecule has 9 heteroatoms. The van der Waals surface area contributed by atoms with Crippen molar-refractivity contribution in [3.8, 4) is 11.8 Å². The van der Waals surface area contributed by atoms with E-state index in [2.05, 4.69) is 10.2 Å². The molecule has 1 amide bonds. The largest absolute Gasteiger partial charge is 0.451 e. The van der Waals surface area contributed by atoms with Crippen molar-refractivity contribution >= 4 is 29.2 Å². The van der Waals surface area contributed by atoms with Crippen LogP contribution < -0.4 is 4.90 Å². The molecule has 0 fully saturated rings. The molecule has 3 rings (SSSR count). The van der Waals surface area contributed by atoms with Gasteiger partial charge in [-0.25, -0.2) is 4.79 Å². The van der Waals surface area contributed by atoms with Gasteiger partial charge in [0, 0.05) is 17.3 Å². The Balaban J connectivity index is 1.72. The van der Waals surface area contributed by atoms with E-state index in [9.17, 15) is 9.59 Å². The van der Waals surface area contributed by atoms with Crippen molar-refractivity contribution in [2.45, 2.75) is 20.3 Å². The van der Waals surface area contributed by atoms with E-state index in [4.69, 9.17) is 21.6 Å². The van der Waals surface area contributed by atoms with E-state index in [1.54, 1.807) is 37.3 Å². The summed E-state index contributed by atoms with van der Waals surface area (Å²) in [5, 5.41) is 17.9. The summed E-state index contributed by atoms with van der Waals surface area (Å²) in [4.78, 5) is 28.0. The third-order valence-electron chi connectivity index (χ3n) is 4.49. The normalized spacial score (nSPS) is 10.4. The molecule has 0 spiro atoms. The fraction of sp³-hybridized carbons (Fsp3) is 0.227. The van der Waals surface area contributed by atoms with E-state index in [-0.39, 0.29) is 18.7 Å². The summed E-state index contributed by atoms with van der Waals surface area (Å²) in [6.07, 6.45) is 0.131. The molecule has 1 heterocycles. The van der Waals surface area contributed by atoms with Gasteiger partial charge in [0.05, 0.1) is 23.9 Å². The number of nitriles is 1. The highest BCUT2D eigenvalue weighted by molar-refractivity contribution is 6.31. The van der Waals surface area contributed by atoms with E-state index in [0.717, 1.165) is 5.56 Å². The van der Waals surface area contributed by atoms with Crippen molar-refractivity contribution in [2.75, 3.05) is 18.1 Å². The third kappa shape index (κ3) is 5.27. The van der Waals surface area contributed by atoms with E-state index in [1.807, 2.05) is 31.2 Å². The van der Waals surface area contributed by atoms with Crippen LogP contribution in [0.1, 0.15) is 28.2 Å².